The summed E-state index contributed by atoms with van der Waals surface area (Å²) in [6.07, 6.45) is 1.17. The SMILES string of the molecule is CCS(=O)(=O)c1ccc(Cl)cc1Cn1c(=O)[nH]c2cc(CN3CC[C@@H](O[Si](C)(C)C(C)(C)C)C3)c(Br)cc2c1=O. The molecule has 4 rings (SSSR count). The molecule has 1 fully saturated rings. The number of sulfone groups is 1. The second-order valence-electron chi connectivity index (χ2n) is 12.0. The van der Waals surface area contributed by atoms with Gasteiger partial charge in [0.15, 0.2) is 18.2 Å². The maximum Gasteiger partial charge on any atom is 0.329 e. The molecule has 2 aromatic carbocycles. The quantitative estimate of drug-likeness (QED) is 0.316. The Kier molecular flexibility index (Phi) is 8.96. The Bertz CT molecular complexity index is 1660. The van der Waals surface area contributed by atoms with Gasteiger partial charge < -0.3 is 9.41 Å². The number of rotatable bonds is 8. The number of aromatic nitrogens is 2. The molecule has 1 saturated heterocycles. The maximum absolute atomic E-state index is 13.5. The fourth-order valence-corrected chi connectivity index (χ4v) is 7.91. The zero-order chi connectivity index (χ0) is 29.6. The largest absolute Gasteiger partial charge is 0.413 e. The van der Waals surface area contributed by atoms with Gasteiger partial charge in [-0.3, -0.25) is 14.3 Å². The normalized spacial score (nSPS) is 17.1. The van der Waals surface area contributed by atoms with Crippen LogP contribution in [0.3, 0.4) is 0 Å². The second kappa shape index (κ2) is 11.5. The molecule has 0 amide bonds. The molecule has 0 spiro atoms. The zero-order valence-electron chi connectivity index (χ0n) is 23.8. The summed E-state index contributed by atoms with van der Waals surface area (Å²) in [6, 6.07) is 7.95. The molecular weight excluding hydrogens is 634 g/mol. The predicted octanol–water partition coefficient (Wildman–Crippen LogP) is 5.54. The molecule has 12 heteroatoms. The van der Waals surface area contributed by atoms with Crippen molar-refractivity contribution in [3.63, 3.8) is 0 Å². The van der Waals surface area contributed by atoms with Gasteiger partial charge in [-0.25, -0.2) is 13.2 Å². The van der Waals surface area contributed by atoms with Gasteiger partial charge in [0, 0.05) is 29.1 Å². The minimum atomic E-state index is -3.58. The van der Waals surface area contributed by atoms with Crippen molar-refractivity contribution >= 4 is 56.6 Å². The van der Waals surface area contributed by atoms with E-state index in [-0.39, 0.29) is 28.3 Å². The van der Waals surface area contributed by atoms with Crippen LogP contribution in [0.15, 0.2) is 49.3 Å². The minimum absolute atomic E-state index is 0.0591. The average molecular weight is 671 g/mol. The van der Waals surface area contributed by atoms with E-state index in [0.717, 1.165) is 34.1 Å². The van der Waals surface area contributed by atoms with Crippen molar-refractivity contribution in [1.82, 2.24) is 14.5 Å². The molecule has 1 atom stereocenters. The number of fused-ring (bicyclic) bond motifs is 1. The lowest BCUT2D eigenvalue weighted by molar-refractivity contribution is 0.179. The van der Waals surface area contributed by atoms with Crippen molar-refractivity contribution in [2.45, 2.75) is 76.3 Å². The molecule has 0 unspecified atom stereocenters. The van der Waals surface area contributed by atoms with E-state index in [1.807, 2.05) is 6.07 Å². The number of nitrogens with one attached hydrogen (secondary N) is 1. The highest BCUT2D eigenvalue weighted by Gasteiger charge is 2.40. The summed E-state index contributed by atoms with van der Waals surface area (Å²) in [6.45, 7) is 15.0. The molecule has 0 aliphatic carbocycles. The van der Waals surface area contributed by atoms with Crippen molar-refractivity contribution < 1.29 is 12.8 Å². The molecule has 218 valence electrons. The van der Waals surface area contributed by atoms with Crippen LogP contribution in [0.25, 0.3) is 10.9 Å². The maximum atomic E-state index is 13.5. The topological polar surface area (TPSA) is 101 Å². The first-order valence-electron chi connectivity index (χ1n) is 13.4. The summed E-state index contributed by atoms with van der Waals surface area (Å²) in [5.74, 6) is -0.111. The fraction of sp³-hybridized carbons (Fsp3) is 0.500. The molecule has 1 N–H and O–H groups in total. The molecule has 8 nitrogen and oxygen atoms in total. The average Bonchev–Trinajstić information content (AvgIpc) is 3.28. The number of likely N-dealkylation sites (tertiary alicyclic amines) is 1. The van der Waals surface area contributed by atoms with E-state index in [9.17, 15) is 18.0 Å². The van der Waals surface area contributed by atoms with Gasteiger partial charge in [-0.1, -0.05) is 55.2 Å². The Morgan fingerprint density at radius 1 is 1.12 bits per heavy atom. The lowest BCUT2D eigenvalue weighted by atomic mass is 10.1. The van der Waals surface area contributed by atoms with Crippen molar-refractivity contribution in [3.8, 4) is 0 Å². The molecule has 0 bridgehead atoms. The number of halogens is 2. The number of benzene rings is 2. The molecule has 2 heterocycles. The molecular formula is C28H37BrClN3O5SSi. The summed E-state index contributed by atoms with van der Waals surface area (Å²) in [4.78, 5) is 31.7. The van der Waals surface area contributed by atoms with E-state index in [1.165, 1.54) is 18.2 Å². The van der Waals surface area contributed by atoms with E-state index in [2.05, 4.69) is 59.7 Å². The molecule has 0 radical (unpaired) electrons. The Labute approximate surface area is 249 Å². The highest BCUT2D eigenvalue weighted by molar-refractivity contribution is 9.10. The van der Waals surface area contributed by atoms with Gasteiger partial charge in [-0.05, 0) is 66.0 Å². The summed E-state index contributed by atoms with van der Waals surface area (Å²) >= 11 is 9.76. The van der Waals surface area contributed by atoms with Crippen LogP contribution in [0.4, 0.5) is 0 Å². The second-order valence-corrected chi connectivity index (χ2v) is 20.3. The van der Waals surface area contributed by atoms with Gasteiger partial charge in [-0.15, -0.1) is 0 Å². The third-order valence-electron chi connectivity index (χ3n) is 8.11. The first kappa shape index (κ1) is 31.2. The summed E-state index contributed by atoms with van der Waals surface area (Å²) in [7, 11) is -5.44. The Hall–Kier alpha value is -1.76. The van der Waals surface area contributed by atoms with E-state index in [1.54, 1.807) is 13.0 Å². The Morgan fingerprint density at radius 2 is 1.82 bits per heavy atom. The van der Waals surface area contributed by atoms with Crippen molar-refractivity contribution in [1.29, 1.82) is 0 Å². The molecule has 0 saturated carbocycles. The van der Waals surface area contributed by atoms with E-state index >= 15 is 0 Å². The van der Waals surface area contributed by atoms with Crippen molar-refractivity contribution in [3.05, 3.63) is 71.8 Å². The molecule has 40 heavy (non-hydrogen) atoms. The van der Waals surface area contributed by atoms with Gasteiger partial charge in [0.1, 0.15) is 0 Å². The minimum Gasteiger partial charge on any atom is -0.413 e. The van der Waals surface area contributed by atoms with Gasteiger partial charge in [-0.2, -0.15) is 0 Å². The van der Waals surface area contributed by atoms with Crippen molar-refractivity contribution in [2.24, 2.45) is 0 Å². The molecule has 1 aliphatic heterocycles. The van der Waals surface area contributed by atoms with E-state index < -0.39 is 29.4 Å². The van der Waals surface area contributed by atoms with Crippen LogP contribution < -0.4 is 11.2 Å². The van der Waals surface area contributed by atoms with Gasteiger partial charge in [0.2, 0.25) is 0 Å². The molecule has 3 aromatic rings. The number of H-pyrrole nitrogens is 1. The monoisotopic (exact) mass is 669 g/mol. The summed E-state index contributed by atoms with van der Waals surface area (Å²) < 4.78 is 33.7. The fourth-order valence-electron chi connectivity index (χ4n) is 4.76. The van der Waals surface area contributed by atoms with Crippen LogP contribution in [-0.2, 0) is 27.4 Å². The van der Waals surface area contributed by atoms with Crippen LogP contribution in [0.2, 0.25) is 23.2 Å². The predicted molar refractivity (Wildman–Crippen MR) is 167 cm³/mol. The standard InChI is InChI=1S/C28H37BrClN3O5SSi/c1-7-39(36,37)25-9-8-20(30)12-19(25)16-33-26(34)22-14-23(29)18(13-24(22)31-27(33)35)15-32-11-10-21(17-32)38-40(5,6)28(2,3)4/h8-9,12-14,21H,7,10-11,15-17H2,1-6H3,(H,31,35)/t21-/m1/s1. The van der Waals surface area contributed by atoms with Gasteiger partial charge in [0.05, 0.1) is 34.2 Å². The molecule has 1 aromatic heterocycles. The number of hydrogen-bond donors (Lipinski definition) is 1. The first-order valence-corrected chi connectivity index (χ1v) is 19.1. The van der Waals surface area contributed by atoms with Crippen LogP contribution in [-0.4, -0.2) is 56.1 Å². The first-order chi connectivity index (χ1) is 18.5. The van der Waals surface area contributed by atoms with Gasteiger partial charge in [0.25, 0.3) is 5.56 Å². The highest BCUT2D eigenvalue weighted by Crippen LogP contribution is 2.38. The lowest BCUT2D eigenvalue weighted by Crippen LogP contribution is -2.44. The Morgan fingerprint density at radius 3 is 2.48 bits per heavy atom. The third kappa shape index (κ3) is 6.49. The number of aromatic amines is 1. The van der Waals surface area contributed by atoms with E-state index in [4.69, 9.17) is 16.0 Å². The van der Waals surface area contributed by atoms with Crippen LogP contribution in [0.1, 0.15) is 45.2 Å². The molecule has 1 aliphatic rings. The van der Waals surface area contributed by atoms with Crippen LogP contribution in [0, 0.1) is 0 Å². The van der Waals surface area contributed by atoms with Crippen LogP contribution >= 0.6 is 27.5 Å². The summed E-state index contributed by atoms with van der Waals surface area (Å²) in [5.41, 5.74) is 0.564. The van der Waals surface area contributed by atoms with E-state index in [0.29, 0.717) is 28.0 Å². The number of hydrogen-bond acceptors (Lipinski definition) is 6. The zero-order valence-corrected chi connectivity index (χ0v) is 28.0. The smallest absolute Gasteiger partial charge is 0.329 e. The third-order valence-corrected chi connectivity index (χ3v) is 15.4. The summed E-state index contributed by atoms with van der Waals surface area (Å²) in [5, 5.41) is 0.804. The van der Waals surface area contributed by atoms with Crippen LogP contribution in [0.5, 0.6) is 0 Å². The van der Waals surface area contributed by atoms with Crippen molar-refractivity contribution in [2.75, 3.05) is 18.8 Å². The number of nitrogens with zero attached hydrogens (tertiary/aromatic N) is 2. The lowest BCUT2D eigenvalue weighted by Gasteiger charge is -2.38. The Balaban J connectivity index is 1.61. The van der Waals surface area contributed by atoms with Gasteiger partial charge >= 0.3 is 5.69 Å². The highest BCUT2D eigenvalue weighted by atomic mass is 79.9.